The quantitative estimate of drug-likeness (QED) is 0.853. The van der Waals surface area contributed by atoms with Gasteiger partial charge in [0.2, 0.25) is 5.91 Å². The van der Waals surface area contributed by atoms with Gasteiger partial charge in [0, 0.05) is 19.4 Å². The second kappa shape index (κ2) is 7.40. The number of rotatable bonds is 7. The van der Waals surface area contributed by atoms with E-state index in [9.17, 15) is 14.0 Å². The molecule has 0 aliphatic carbocycles. The summed E-state index contributed by atoms with van der Waals surface area (Å²) >= 11 is 0. The fraction of sp³-hybridized carbons (Fsp3) is 0.250. The lowest BCUT2D eigenvalue weighted by Crippen LogP contribution is -2.35. The molecule has 2 rings (SSSR count). The largest absolute Gasteiger partial charge is 0.480 e. The van der Waals surface area contributed by atoms with Crippen LogP contribution in [0.5, 0.6) is 0 Å². The van der Waals surface area contributed by atoms with E-state index in [2.05, 4.69) is 0 Å². The van der Waals surface area contributed by atoms with Crippen molar-refractivity contribution in [2.24, 2.45) is 0 Å². The van der Waals surface area contributed by atoms with Gasteiger partial charge in [-0.2, -0.15) is 0 Å². The van der Waals surface area contributed by atoms with Crippen molar-refractivity contribution < 1.29 is 23.5 Å². The molecule has 1 amide bonds. The molecule has 0 atom stereocenters. The van der Waals surface area contributed by atoms with Crippen molar-refractivity contribution in [1.82, 2.24) is 4.90 Å². The molecule has 0 saturated heterocycles. The molecule has 0 aliphatic rings. The van der Waals surface area contributed by atoms with Gasteiger partial charge in [-0.3, -0.25) is 9.59 Å². The summed E-state index contributed by atoms with van der Waals surface area (Å²) in [5, 5.41) is 8.93. The molecular formula is C16H16FNO4. The smallest absolute Gasteiger partial charge is 0.323 e. The van der Waals surface area contributed by atoms with E-state index >= 15 is 0 Å². The lowest BCUT2D eigenvalue weighted by Gasteiger charge is -2.20. The number of aliphatic carboxylic acids is 1. The zero-order chi connectivity index (χ0) is 15.9. The minimum Gasteiger partial charge on any atom is -0.480 e. The third kappa shape index (κ3) is 4.73. The molecule has 22 heavy (non-hydrogen) atoms. The van der Waals surface area contributed by atoms with Gasteiger partial charge in [0.25, 0.3) is 0 Å². The van der Waals surface area contributed by atoms with Crippen LogP contribution in [-0.4, -0.2) is 28.4 Å². The average molecular weight is 305 g/mol. The minimum absolute atomic E-state index is 0.129. The lowest BCUT2D eigenvalue weighted by atomic mass is 10.2. The first-order chi connectivity index (χ1) is 10.5. The first-order valence-corrected chi connectivity index (χ1v) is 6.81. The van der Waals surface area contributed by atoms with Crippen LogP contribution in [0.4, 0.5) is 4.39 Å². The zero-order valence-corrected chi connectivity index (χ0v) is 11.9. The van der Waals surface area contributed by atoms with Crippen LogP contribution in [0, 0.1) is 5.82 Å². The standard InChI is InChI=1S/C16H16FNO4/c17-13-5-3-12(4-6-13)10-18(11-16(20)21)15(19)8-7-14-2-1-9-22-14/h1-6,9H,7-8,10-11H2,(H,20,21). The summed E-state index contributed by atoms with van der Waals surface area (Å²) in [6.45, 7) is -0.266. The Kier molecular flexibility index (Phi) is 5.30. The number of carbonyl (C=O) groups is 2. The Morgan fingerprint density at radius 1 is 1.18 bits per heavy atom. The number of benzene rings is 1. The van der Waals surface area contributed by atoms with Crippen LogP contribution in [0.3, 0.4) is 0 Å². The number of carboxylic acids is 1. The third-order valence-corrected chi connectivity index (χ3v) is 3.13. The van der Waals surface area contributed by atoms with Crippen LogP contribution in [0.2, 0.25) is 0 Å². The highest BCUT2D eigenvalue weighted by Gasteiger charge is 2.17. The summed E-state index contributed by atoms with van der Waals surface area (Å²) in [6, 6.07) is 9.11. The monoisotopic (exact) mass is 305 g/mol. The van der Waals surface area contributed by atoms with Gasteiger partial charge >= 0.3 is 5.97 Å². The molecule has 0 fully saturated rings. The first kappa shape index (κ1) is 15.8. The predicted octanol–water partition coefficient (Wildman–Crippen LogP) is 2.46. The van der Waals surface area contributed by atoms with E-state index in [1.54, 1.807) is 12.1 Å². The van der Waals surface area contributed by atoms with Crippen molar-refractivity contribution in [2.75, 3.05) is 6.54 Å². The van der Waals surface area contributed by atoms with Gasteiger partial charge in [-0.15, -0.1) is 0 Å². The van der Waals surface area contributed by atoms with Crippen molar-refractivity contribution >= 4 is 11.9 Å². The van der Waals surface area contributed by atoms with Crippen LogP contribution in [-0.2, 0) is 22.6 Å². The van der Waals surface area contributed by atoms with E-state index in [0.29, 0.717) is 17.7 Å². The van der Waals surface area contributed by atoms with Crippen molar-refractivity contribution in [2.45, 2.75) is 19.4 Å². The van der Waals surface area contributed by atoms with Gasteiger partial charge < -0.3 is 14.4 Å². The fourth-order valence-electron chi connectivity index (χ4n) is 2.05. The highest BCUT2D eigenvalue weighted by Crippen LogP contribution is 2.10. The zero-order valence-electron chi connectivity index (χ0n) is 11.9. The first-order valence-electron chi connectivity index (χ1n) is 6.81. The van der Waals surface area contributed by atoms with Crippen molar-refractivity contribution in [3.05, 3.63) is 59.8 Å². The van der Waals surface area contributed by atoms with E-state index in [1.165, 1.54) is 35.4 Å². The molecule has 0 unspecified atom stereocenters. The number of carboxylic acid groups (broad SMARTS) is 1. The predicted molar refractivity (Wildman–Crippen MR) is 76.5 cm³/mol. The van der Waals surface area contributed by atoms with Crippen molar-refractivity contribution in [3.63, 3.8) is 0 Å². The van der Waals surface area contributed by atoms with Crippen LogP contribution < -0.4 is 0 Å². The maximum atomic E-state index is 12.9. The number of hydrogen-bond donors (Lipinski definition) is 1. The molecule has 2 aromatic rings. The molecule has 0 saturated carbocycles. The van der Waals surface area contributed by atoms with Gasteiger partial charge in [-0.05, 0) is 29.8 Å². The highest BCUT2D eigenvalue weighted by molar-refractivity contribution is 5.81. The molecule has 0 spiro atoms. The van der Waals surface area contributed by atoms with Gasteiger partial charge in [0.15, 0.2) is 0 Å². The van der Waals surface area contributed by atoms with Crippen LogP contribution >= 0.6 is 0 Å². The van der Waals surface area contributed by atoms with Crippen molar-refractivity contribution in [1.29, 1.82) is 0 Å². The Labute approximate surface area is 127 Å². The number of aryl methyl sites for hydroxylation is 1. The molecule has 0 radical (unpaired) electrons. The molecule has 1 N–H and O–H groups in total. The summed E-state index contributed by atoms with van der Waals surface area (Å²) < 4.78 is 18.0. The number of carbonyl (C=O) groups excluding carboxylic acids is 1. The Balaban J connectivity index is 1.99. The van der Waals surface area contributed by atoms with E-state index in [1.807, 2.05) is 0 Å². The molecule has 6 heteroatoms. The summed E-state index contributed by atoms with van der Waals surface area (Å²) in [7, 11) is 0. The molecule has 5 nitrogen and oxygen atoms in total. The maximum absolute atomic E-state index is 12.9. The van der Waals surface area contributed by atoms with Crippen LogP contribution in [0.1, 0.15) is 17.7 Å². The molecule has 1 aromatic heterocycles. The van der Waals surface area contributed by atoms with Crippen LogP contribution in [0.15, 0.2) is 47.1 Å². The number of halogens is 1. The van der Waals surface area contributed by atoms with Gasteiger partial charge in [0.1, 0.15) is 18.1 Å². The number of hydrogen-bond acceptors (Lipinski definition) is 3. The Bertz CT molecular complexity index is 622. The van der Waals surface area contributed by atoms with Crippen LogP contribution in [0.25, 0.3) is 0 Å². The molecule has 1 heterocycles. The molecule has 0 bridgehead atoms. The SMILES string of the molecule is O=C(O)CN(Cc1ccc(F)cc1)C(=O)CCc1ccco1. The second-order valence-corrected chi connectivity index (χ2v) is 4.85. The summed E-state index contributed by atoms with van der Waals surface area (Å²) in [5.74, 6) is -1.08. The van der Waals surface area contributed by atoms with E-state index in [-0.39, 0.29) is 24.7 Å². The number of furan rings is 1. The average Bonchev–Trinajstić information content (AvgIpc) is 2.99. The minimum atomic E-state index is -1.09. The van der Waals surface area contributed by atoms with Gasteiger partial charge in [-0.25, -0.2) is 4.39 Å². The maximum Gasteiger partial charge on any atom is 0.323 e. The topological polar surface area (TPSA) is 70.8 Å². The van der Waals surface area contributed by atoms with Gasteiger partial charge in [-0.1, -0.05) is 12.1 Å². The summed E-state index contributed by atoms with van der Waals surface area (Å²) in [4.78, 5) is 24.3. The van der Waals surface area contributed by atoms with Crippen molar-refractivity contribution in [3.8, 4) is 0 Å². The Hall–Kier alpha value is -2.63. The molecule has 116 valence electrons. The summed E-state index contributed by atoms with van der Waals surface area (Å²) in [5.41, 5.74) is 0.675. The Morgan fingerprint density at radius 3 is 2.50 bits per heavy atom. The lowest BCUT2D eigenvalue weighted by molar-refractivity contribution is -0.144. The van der Waals surface area contributed by atoms with E-state index < -0.39 is 12.5 Å². The fourth-order valence-corrected chi connectivity index (χ4v) is 2.05. The van der Waals surface area contributed by atoms with E-state index in [0.717, 1.165) is 0 Å². The third-order valence-electron chi connectivity index (χ3n) is 3.13. The number of nitrogens with zero attached hydrogens (tertiary/aromatic N) is 1. The normalized spacial score (nSPS) is 10.4. The molecular weight excluding hydrogens is 289 g/mol. The Morgan fingerprint density at radius 2 is 1.91 bits per heavy atom. The van der Waals surface area contributed by atoms with Gasteiger partial charge in [0.05, 0.1) is 6.26 Å². The van der Waals surface area contributed by atoms with E-state index in [4.69, 9.17) is 9.52 Å². The summed E-state index contributed by atoms with van der Waals surface area (Å²) in [6.07, 6.45) is 2.08. The molecule has 1 aromatic carbocycles. The highest BCUT2D eigenvalue weighted by atomic mass is 19.1. The number of amides is 1. The molecule has 0 aliphatic heterocycles. The second-order valence-electron chi connectivity index (χ2n) is 4.85.